The van der Waals surface area contributed by atoms with E-state index in [1.807, 2.05) is 0 Å². The second-order valence-electron chi connectivity index (χ2n) is 2.82. The quantitative estimate of drug-likeness (QED) is 0.866. The van der Waals surface area contributed by atoms with E-state index < -0.39 is 18.2 Å². The van der Waals surface area contributed by atoms with Crippen LogP contribution in [0.15, 0.2) is 21.2 Å². The molecular weight excluding hydrogens is 304 g/mol. The summed E-state index contributed by atoms with van der Waals surface area (Å²) in [5, 5.41) is 0. The van der Waals surface area contributed by atoms with Gasteiger partial charge in [-0.2, -0.15) is 0 Å². The van der Waals surface area contributed by atoms with Gasteiger partial charge < -0.3 is 14.9 Å². The summed E-state index contributed by atoms with van der Waals surface area (Å²) in [6.07, 6.45) is -1.91. The van der Waals surface area contributed by atoms with Crippen LogP contribution in [0.1, 0.15) is 18.7 Å². The normalized spacial score (nSPS) is 13.8. The van der Waals surface area contributed by atoms with Crippen molar-refractivity contribution >= 4 is 34.3 Å². The van der Waals surface area contributed by atoms with Crippen molar-refractivity contribution in [3.8, 4) is 0 Å². The molecule has 2 atom stereocenters. The number of hydrogen-bond acceptors (Lipinski definition) is 4. The molecule has 0 bridgehead atoms. The third-order valence-electron chi connectivity index (χ3n) is 1.75. The Kier molecular flexibility index (Phi) is 6.62. The fraction of sp³-hybridized carbons (Fsp3) is 0.444. The molecule has 0 saturated heterocycles. The predicted octanol–water partition coefficient (Wildman–Crippen LogP) is 2.36. The second kappa shape index (κ2) is 6.88. The fourth-order valence-corrected chi connectivity index (χ4v) is 1.34. The molecule has 0 amide bonds. The summed E-state index contributed by atoms with van der Waals surface area (Å²) in [4.78, 5) is 11.0. The molecule has 0 spiro atoms. The lowest BCUT2D eigenvalue weighted by atomic mass is 10.1. The van der Waals surface area contributed by atoms with E-state index in [4.69, 9.17) is 10.2 Å². The van der Waals surface area contributed by atoms with Crippen LogP contribution in [0.5, 0.6) is 0 Å². The number of halogens is 3. The molecule has 2 N–H and O–H groups in total. The van der Waals surface area contributed by atoms with Crippen LogP contribution < -0.4 is 5.73 Å². The minimum Gasteiger partial charge on any atom is -0.464 e. The van der Waals surface area contributed by atoms with Gasteiger partial charge in [-0.25, -0.2) is 9.18 Å². The van der Waals surface area contributed by atoms with E-state index in [1.165, 1.54) is 6.07 Å². The highest BCUT2D eigenvalue weighted by Crippen LogP contribution is 2.23. The highest BCUT2D eigenvalue weighted by Gasteiger charge is 2.29. The molecule has 92 valence electrons. The highest BCUT2D eigenvalue weighted by molar-refractivity contribution is 9.10. The summed E-state index contributed by atoms with van der Waals surface area (Å²) in [5.41, 5.74) is 5.49. The van der Waals surface area contributed by atoms with Crippen molar-refractivity contribution in [3.63, 3.8) is 0 Å². The number of carbonyl (C=O) groups is 1. The molecular formula is C9H12BrClFNO3. The highest BCUT2D eigenvalue weighted by atomic mass is 79.9. The maximum atomic E-state index is 13.4. The first kappa shape index (κ1) is 15.4. The van der Waals surface area contributed by atoms with Gasteiger partial charge in [0.2, 0.25) is 6.17 Å². The van der Waals surface area contributed by atoms with Crippen LogP contribution in [0.4, 0.5) is 4.39 Å². The van der Waals surface area contributed by atoms with Gasteiger partial charge in [0.15, 0.2) is 4.67 Å². The first-order valence-corrected chi connectivity index (χ1v) is 5.17. The van der Waals surface area contributed by atoms with Gasteiger partial charge in [-0.3, -0.25) is 0 Å². The van der Waals surface area contributed by atoms with Crippen LogP contribution in [-0.4, -0.2) is 18.7 Å². The van der Waals surface area contributed by atoms with E-state index >= 15 is 0 Å². The molecule has 1 heterocycles. The van der Waals surface area contributed by atoms with Gasteiger partial charge >= 0.3 is 5.97 Å². The molecule has 0 aliphatic heterocycles. The summed E-state index contributed by atoms with van der Waals surface area (Å²) in [6.45, 7) is 1.72. The molecule has 0 saturated carbocycles. The van der Waals surface area contributed by atoms with Crippen molar-refractivity contribution < 1.29 is 18.3 Å². The summed E-state index contributed by atoms with van der Waals surface area (Å²) in [5.74, 6) is -0.778. The molecule has 0 radical (unpaired) electrons. The lowest BCUT2D eigenvalue weighted by molar-refractivity contribution is -0.150. The van der Waals surface area contributed by atoms with Gasteiger partial charge in [0, 0.05) is 0 Å². The van der Waals surface area contributed by atoms with E-state index in [2.05, 4.69) is 20.7 Å². The van der Waals surface area contributed by atoms with E-state index in [1.54, 1.807) is 13.0 Å². The number of esters is 1. The van der Waals surface area contributed by atoms with Crippen molar-refractivity contribution in [1.82, 2.24) is 0 Å². The summed E-state index contributed by atoms with van der Waals surface area (Å²) in [7, 11) is 0. The molecule has 1 aromatic rings. The van der Waals surface area contributed by atoms with E-state index in [0.717, 1.165) is 0 Å². The Morgan fingerprint density at radius 3 is 2.75 bits per heavy atom. The van der Waals surface area contributed by atoms with Crippen LogP contribution in [0.25, 0.3) is 0 Å². The van der Waals surface area contributed by atoms with Crippen molar-refractivity contribution in [2.24, 2.45) is 5.73 Å². The largest absolute Gasteiger partial charge is 0.464 e. The minimum atomic E-state index is -1.91. The third kappa shape index (κ3) is 3.77. The number of rotatable bonds is 4. The Hall–Kier alpha value is -0.590. The second-order valence-corrected chi connectivity index (χ2v) is 3.60. The number of ether oxygens (including phenoxy) is 1. The van der Waals surface area contributed by atoms with Gasteiger partial charge in [-0.1, -0.05) is 0 Å². The summed E-state index contributed by atoms with van der Waals surface area (Å²) >= 11 is 3.06. The smallest absolute Gasteiger partial charge is 0.342 e. The third-order valence-corrected chi connectivity index (χ3v) is 2.18. The summed E-state index contributed by atoms with van der Waals surface area (Å²) < 4.78 is 23.4. The van der Waals surface area contributed by atoms with E-state index in [-0.39, 0.29) is 24.8 Å². The molecule has 1 rings (SSSR count). The van der Waals surface area contributed by atoms with Crippen molar-refractivity contribution in [1.29, 1.82) is 0 Å². The van der Waals surface area contributed by atoms with Gasteiger partial charge in [0.25, 0.3) is 0 Å². The van der Waals surface area contributed by atoms with E-state index in [9.17, 15) is 9.18 Å². The maximum Gasteiger partial charge on any atom is 0.342 e. The average molecular weight is 317 g/mol. The topological polar surface area (TPSA) is 65.5 Å². The van der Waals surface area contributed by atoms with Crippen LogP contribution >= 0.6 is 28.3 Å². The van der Waals surface area contributed by atoms with Crippen LogP contribution in [0.2, 0.25) is 0 Å². The molecule has 1 aromatic heterocycles. The Bertz CT molecular complexity index is 347. The summed E-state index contributed by atoms with van der Waals surface area (Å²) in [6, 6.07) is 1.93. The molecule has 0 fully saturated rings. The fourth-order valence-electron chi connectivity index (χ4n) is 1.02. The van der Waals surface area contributed by atoms with Gasteiger partial charge in [-0.05, 0) is 35.0 Å². The van der Waals surface area contributed by atoms with Crippen LogP contribution in [0, 0.1) is 0 Å². The Morgan fingerprint density at radius 2 is 2.31 bits per heavy atom. The van der Waals surface area contributed by atoms with Crippen LogP contribution in [-0.2, 0) is 9.53 Å². The van der Waals surface area contributed by atoms with Crippen molar-refractivity contribution in [3.05, 3.63) is 22.6 Å². The van der Waals surface area contributed by atoms with Crippen LogP contribution in [0.3, 0.4) is 0 Å². The average Bonchev–Trinajstić information content (AvgIpc) is 2.63. The SMILES string of the molecule is CCOC(=O)C(F)[C@@H](N)c1ccc(Br)o1.Cl. The number of nitrogens with two attached hydrogens (primary N) is 1. The molecule has 7 heteroatoms. The van der Waals surface area contributed by atoms with Gasteiger partial charge in [0.1, 0.15) is 11.8 Å². The molecule has 0 aliphatic rings. The zero-order chi connectivity index (χ0) is 11.4. The number of hydrogen-bond donors (Lipinski definition) is 1. The Morgan fingerprint density at radius 1 is 1.69 bits per heavy atom. The maximum absolute atomic E-state index is 13.4. The first-order chi connectivity index (χ1) is 7.06. The Labute approximate surface area is 107 Å². The van der Waals surface area contributed by atoms with E-state index in [0.29, 0.717) is 4.67 Å². The zero-order valence-electron chi connectivity index (χ0n) is 8.48. The van der Waals surface area contributed by atoms with Crippen molar-refractivity contribution in [2.75, 3.05) is 6.61 Å². The number of carbonyl (C=O) groups excluding carboxylic acids is 1. The predicted molar refractivity (Wildman–Crippen MR) is 62.1 cm³/mol. The van der Waals surface area contributed by atoms with Crippen molar-refractivity contribution in [2.45, 2.75) is 19.1 Å². The molecule has 0 aromatic carbocycles. The minimum absolute atomic E-state index is 0. The lowest BCUT2D eigenvalue weighted by Gasteiger charge is -2.12. The molecule has 0 aliphatic carbocycles. The molecule has 1 unspecified atom stereocenters. The van der Waals surface area contributed by atoms with Gasteiger partial charge in [0.05, 0.1) is 6.61 Å². The van der Waals surface area contributed by atoms with Gasteiger partial charge in [-0.15, -0.1) is 12.4 Å². The standard InChI is InChI=1S/C9H11BrFNO3.ClH/c1-2-14-9(13)7(11)8(12)5-3-4-6(10)15-5;/h3-4,7-8H,2,12H2,1H3;1H/t7?,8-;/m0./s1. The Balaban J connectivity index is 0.00000225. The lowest BCUT2D eigenvalue weighted by Crippen LogP contribution is -2.31. The molecule has 16 heavy (non-hydrogen) atoms. The zero-order valence-corrected chi connectivity index (χ0v) is 10.9. The number of alkyl halides is 1. The first-order valence-electron chi connectivity index (χ1n) is 4.37. The monoisotopic (exact) mass is 315 g/mol. The number of furan rings is 1. The molecule has 4 nitrogen and oxygen atoms in total.